The number of primary amides is 1. The minimum atomic E-state index is -1.12. The fourth-order valence-electron chi connectivity index (χ4n) is 12.4. The minimum Gasteiger partial charge on any atom is -0.481 e. The van der Waals surface area contributed by atoms with Gasteiger partial charge in [0.05, 0.1) is 34.3 Å². The molecule has 1 aromatic carbocycles. The van der Waals surface area contributed by atoms with Gasteiger partial charge >= 0.3 is 11.9 Å². The van der Waals surface area contributed by atoms with E-state index in [2.05, 4.69) is 82.7 Å². The first-order valence-electron chi connectivity index (χ1n) is 47.8. The van der Waals surface area contributed by atoms with E-state index in [-0.39, 0.29) is 233 Å². The molecule has 3 heterocycles. The minimum absolute atomic E-state index is 0.00670. The van der Waals surface area contributed by atoms with Crippen molar-refractivity contribution in [3.05, 3.63) is 48.0 Å². The number of carboxylic acids is 2. The number of carboxylic acid groups (broad SMARTS) is 2. The Balaban J connectivity index is -0.000000486. The normalized spacial score (nSPS) is 15.5. The summed E-state index contributed by atoms with van der Waals surface area (Å²) in [7, 11) is 0. The molecule has 3 fully saturated rings. The lowest BCUT2D eigenvalue weighted by Crippen LogP contribution is -2.46. The highest BCUT2D eigenvalue weighted by Crippen LogP contribution is 2.32. The number of benzene rings is 1. The molecule has 0 aromatic heterocycles. The Morgan fingerprint density at radius 1 is 0.407 bits per heavy atom. The third-order valence-corrected chi connectivity index (χ3v) is 24.1. The van der Waals surface area contributed by atoms with Gasteiger partial charge in [0.25, 0.3) is 0 Å². The van der Waals surface area contributed by atoms with Crippen LogP contribution in [-0.2, 0) is 87.9 Å². The zero-order valence-corrected chi connectivity index (χ0v) is 92.1. The van der Waals surface area contributed by atoms with Crippen molar-refractivity contribution in [1.29, 1.82) is 0 Å². The van der Waals surface area contributed by atoms with Crippen molar-refractivity contribution in [2.45, 2.75) is 432 Å². The maximum absolute atomic E-state index is 12.7. The topological polar surface area (TPSA) is 463 Å². The van der Waals surface area contributed by atoms with Crippen molar-refractivity contribution >= 4 is 159 Å². The lowest BCUT2D eigenvalue weighted by molar-refractivity contribution is -0.141. The van der Waals surface area contributed by atoms with Crippen molar-refractivity contribution in [3.8, 4) is 0 Å². The molecule has 0 bridgehead atoms. The van der Waals surface area contributed by atoms with Gasteiger partial charge < -0.3 is 58.5 Å². The SMILES string of the molecule is CC(C)NC(=O)/C=C\C(=O)O.CC(C)NC(=O)C(CC(=O)C(C)NC(C)C)Cc1ccccc1.CC(C)NC(=O)C(CCCCC(N)=O)CC(=O)C(NC(C)C)C(C)C.CC(C)NC(=O)CCC(=O)O.CC(C)NC(=O)CCCCCN1C(=O)CC(SC(C)C)C1=O.CC(C)NC(=O)CCN1C(=O)CC(SC(C)C)C1=O.CC(C)SC1CC(=O)N(C(C)C)C1=O.CSC(C)C.CSC(C)C. The number of hydrogen-bond donors (Lipinski definition) is 11. The quantitative estimate of drug-likeness (QED) is 0.0164. The third-order valence-electron chi connectivity index (χ3n) is 18.5. The third kappa shape index (κ3) is 74.4. The first-order chi connectivity index (χ1) is 62.5. The number of amides is 13. The number of Topliss-reactive ketones (excluding diaryl/α,β-unsaturated/α-hetero) is 2. The van der Waals surface area contributed by atoms with Gasteiger partial charge in [-0.15, -0.1) is 35.3 Å². The van der Waals surface area contributed by atoms with E-state index < -0.39 is 11.9 Å². The summed E-state index contributed by atoms with van der Waals surface area (Å²) in [5.74, 6) is -4.01. The second kappa shape index (κ2) is 77.4. The van der Waals surface area contributed by atoms with Gasteiger partial charge in [-0.3, -0.25) is 91.4 Å². The van der Waals surface area contributed by atoms with E-state index in [1.807, 2.05) is 227 Å². The predicted octanol–water partition coefficient (Wildman–Crippen LogP) is 14.1. The van der Waals surface area contributed by atoms with Gasteiger partial charge in [0.2, 0.25) is 76.8 Å². The number of hydrogen-bond acceptors (Lipinski definition) is 24. The van der Waals surface area contributed by atoms with Gasteiger partial charge in [0, 0.05) is 149 Å². The molecule has 0 aliphatic carbocycles. The Bertz CT molecular complexity index is 3690. The Morgan fingerprint density at radius 2 is 0.793 bits per heavy atom. The highest BCUT2D eigenvalue weighted by Gasteiger charge is 2.42. The molecular formula is C99H178N12O19S5. The van der Waals surface area contributed by atoms with E-state index in [1.54, 1.807) is 37.4 Å². The molecule has 7 atom stereocenters. The van der Waals surface area contributed by atoms with Crippen LogP contribution in [0.3, 0.4) is 0 Å². The van der Waals surface area contributed by atoms with Crippen molar-refractivity contribution < 1.29 is 91.7 Å². The Labute approximate surface area is 832 Å². The molecule has 4 rings (SSSR count). The number of ketones is 2. The lowest BCUT2D eigenvalue weighted by atomic mass is 9.88. The standard InChI is InChI=1S/C19H37N3O3.C19H30N2O2.C16H28N2O3S.C13H22N2O3S.C10H17NO2S.C7H13NO3.C7H11NO3.2C4H10S/c1-12(2)18(21-13(3)4)16(23)11-15(19(25)22-14(5)6)9-7-8-10-17(20)24;1-13(2)20-15(5)18(22)12-17(19(23)21-14(3)4)11-16-9-7-6-8-10-16;1-11(2)17-14(19)8-6-5-7-9-18-15(20)10-13(16(18)21)22-12(3)4;1-8(2)14-11(16)5-6-15-12(17)7-10(13(15)18)19-9(3)4;1-6(2)11-9(12)5-8(10(11)13)14-7(3)4;2*1-5(2)8-6(9)3-4-7(10)11;2*1-4(2)5-3/h12-15,18,21H,7-11H2,1-6H3,(H2,20,24)(H,22,25);6-10,13-15,17,20H,11-12H2,1-5H3,(H,21,23);11-13H,5-10H2,1-4H3,(H,17,19);8-10H,5-7H2,1-4H3,(H,14,16);6-8H,5H2,1-4H3;5H,3-4H2,1-2H3,(H,8,9)(H,10,11);3-5H,1-2H3,(H,8,9)(H,10,11);2*4H,1-3H3/b;;;;;;4-3-;;. The summed E-state index contributed by atoms with van der Waals surface area (Å²) in [4.78, 5) is 201. The maximum atomic E-state index is 12.7. The zero-order valence-electron chi connectivity index (χ0n) is 88.0. The molecule has 7 unspecified atom stereocenters. The number of unbranched alkanes of at least 4 members (excludes halogenated alkanes) is 3. The molecule has 0 spiro atoms. The fraction of sp³-hybridized carbons (Fsp3) is 0.747. The average Bonchev–Trinajstić information content (AvgIpc) is 1.72. The highest BCUT2D eigenvalue weighted by molar-refractivity contribution is 8.01. The van der Waals surface area contributed by atoms with Gasteiger partial charge in [0.15, 0.2) is 5.78 Å². The molecule has 3 aliphatic rings. The summed E-state index contributed by atoms with van der Waals surface area (Å²) in [5, 5.41) is 41.4. The van der Waals surface area contributed by atoms with E-state index in [0.717, 1.165) is 47.5 Å². The molecule has 13 amide bonds. The summed E-state index contributed by atoms with van der Waals surface area (Å²) in [6, 6.07) is 10.3. The first kappa shape index (κ1) is 136. The predicted molar refractivity (Wildman–Crippen MR) is 556 cm³/mol. The van der Waals surface area contributed by atoms with Crippen LogP contribution in [0.2, 0.25) is 0 Å². The molecule has 0 saturated carbocycles. The van der Waals surface area contributed by atoms with Crippen LogP contribution in [0.4, 0.5) is 0 Å². The number of nitrogens with one attached hydrogen (secondary N) is 8. The number of nitrogens with zero attached hydrogens (tertiary/aromatic N) is 3. The molecule has 3 aliphatic heterocycles. The number of aliphatic carboxylic acids is 2. The number of carbonyl (C=O) groups is 17. The van der Waals surface area contributed by atoms with Gasteiger partial charge in [-0.1, -0.05) is 154 Å². The van der Waals surface area contributed by atoms with Crippen LogP contribution in [0, 0.1) is 17.8 Å². The summed E-state index contributed by atoms with van der Waals surface area (Å²) in [6.45, 7) is 61.8. The molecule has 135 heavy (non-hydrogen) atoms. The highest BCUT2D eigenvalue weighted by atomic mass is 32.2. The molecule has 0 radical (unpaired) electrons. The van der Waals surface area contributed by atoms with E-state index in [4.69, 9.17) is 15.9 Å². The molecule has 12 N–H and O–H groups in total. The Morgan fingerprint density at radius 3 is 1.16 bits per heavy atom. The van der Waals surface area contributed by atoms with Crippen LogP contribution in [0.5, 0.6) is 0 Å². The van der Waals surface area contributed by atoms with Crippen LogP contribution in [0.25, 0.3) is 0 Å². The van der Waals surface area contributed by atoms with Crippen LogP contribution >= 0.6 is 58.8 Å². The summed E-state index contributed by atoms with van der Waals surface area (Å²) in [5.41, 5.74) is 6.23. The molecule has 1 aromatic rings. The van der Waals surface area contributed by atoms with Gasteiger partial charge in [-0.2, -0.15) is 23.5 Å². The first-order valence-corrected chi connectivity index (χ1v) is 53.3. The molecule has 36 heteroatoms. The number of nitrogens with two attached hydrogens (primary N) is 1. The van der Waals surface area contributed by atoms with Crippen LogP contribution in [0.1, 0.15) is 323 Å². The number of rotatable bonds is 49. The van der Waals surface area contributed by atoms with Gasteiger partial charge in [-0.05, 0) is 186 Å². The number of imide groups is 3. The van der Waals surface area contributed by atoms with E-state index in [1.165, 1.54) is 26.5 Å². The second-order valence-corrected chi connectivity index (χ2v) is 45.9. The fourth-order valence-corrected chi connectivity index (χ4v) is 15.9. The molecule has 778 valence electrons. The smallest absolute Gasteiger partial charge is 0.328 e. The Hall–Kier alpha value is -7.38. The number of thioether (sulfide) groups is 5. The van der Waals surface area contributed by atoms with Gasteiger partial charge in [-0.25, -0.2) is 4.79 Å². The average molecular weight is 2000 g/mol. The van der Waals surface area contributed by atoms with E-state index >= 15 is 0 Å². The number of likely N-dealkylation sites (tertiary alicyclic amines) is 3. The van der Waals surface area contributed by atoms with Crippen LogP contribution in [0.15, 0.2) is 42.5 Å². The maximum Gasteiger partial charge on any atom is 0.328 e. The largest absolute Gasteiger partial charge is 0.481 e. The molecular weight excluding hydrogens is 1820 g/mol. The van der Waals surface area contributed by atoms with Crippen molar-refractivity contribution in [1.82, 2.24) is 57.2 Å². The zero-order chi connectivity index (χ0) is 105. The van der Waals surface area contributed by atoms with Gasteiger partial charge in [0.1, 0.15) is 5.78 Å². The molecule has 31 nitrogen and oxygen atoms in total. The second-order valence-electron chi connectivity index (χ2n) is 37.7. The summed E-state index contributed by atoms with van der Waals surface area (Å²) in [6.07, 6.45) is 13.4. The number of carbonyl (C=O) groups excluding carboxylic acids is 15. The van der Waals surface area contributed by atoms with Crippen LogP contribution < -0.4 is 48.3 Å². The summed E-state index contributed by atoms with van der Waals surface area (Å²) >= 11 is 8.42. The van der Waals surface area contributed by atoms with Crippen LogP contribution in [-0.4, -0.2) is 259 Å². The van der Waals surface area contributed by atoms with Crippen molar-refractivity contribution in [2.24, 2.45) is 23.5 Å². The lowest BCUT2D eigenvalue weighted by Gasteiger charge is -2.26. The monoisotopic (exact) mass is 2000 g/mol. The summed E-state index contributed by atoms with van der Waals surface area (Å²) < 4.78 is 0. The van der Waals surface area contributed by atoms with Crippen molar-refractivity contribution in [2.75, 3.05) is 25.6 Å². The van der Waals surface area contributed by atoms with Crippen molar-refractivity contribution in [3.63, 3.8) is 0 Å². The Kier molecular flexibility index (Phi) is 78.1. The molecule has 3 saturated heterocycles. The van der Waals surface area contributed by atoms with E-state index in [9.17, 15) is 81.5 Å². The van der Waals surface area contributed by atoms with E-state index in [0.29, 0.717) is 73.7 Å².